The third-order valence-corrected chi connectivity index (χ3v) is 2.62. The van der Waals surface area contributed by atoms with Gasteiger partial charge in [0.15, 0.2) is 0 Å². The summed E-state index contributed by atoms with van der Waals surface area (Å²) >= 11 is 0. The van der Waals surface area contributed by atoms with E-state index >= 15 is 0 Å². The molecule has 2 heterocycles. The number of nitrogens with zero attached hydrogens (tertiary/aromatic N) is 2. The molecular weight excluding hydrogens is 180 g/mol. The summed E-state index contributed by atoms with van der Waals surface area (Å²) in [5, 5.41) is 3.23. The SMILES string of the molecule is CN(C(=O)c1c[nH]cn1)[C@H]1CCNC1. The molecular formula is C9H14N4O. The topological polar surface area (TPSA) is 61.0 Å². The standard InChI is InChI=1S/C9H14N4O/c1-13(7-2-3-10-4-7)9(14)8-5-11-6-12-8/h5-7,10H,2-4H2,1H3,(H,11,12)/t7-/m0/s1. The van der Waals surface area contributed by atoms with E-state index in [9.17, 15) is 4.79 Å². The van der Waals surface area contributed by atoms with Gasteiger partial charge in [-0.2, -0.15) is 0 Å². The predicted octanol–water partition coefficient (Wildman–Crippen LogP) is -0.156. The highest BCUT2D eigenvalue weighted by molar-refractivity contribution is 5.92. The van der Waals surface area contributed by atoms with E-state index < -0.39 is 0 Å². The Hall–Kier alpha value is -1.36. The smallest absolute Gasteiger partial charge is 0.274 e. The van der Waals surface area contributed by atoms with Crippen molar-refractivity contribution in [2.45, 2.75) is 12.5 Å². The maximum atomic E-state index is 11.8. The molecule has 1 atom stereocenters. The number of H-pyrrole nitrogens is 1. The molecule has 1 aliphatic heterocycles. The fourth-order valence-electron chi connectivity index (χ4n) is 1.69. The van der Waals surface area contributed by atoms with E-state index in [4.69, 9.17) is 0 Å². The lowest BCUT2D eigenvalue weighted by Gasteiger charge is -2.22. The molecule has 1 aromatic rings. The first-order valence-corrected chi connectivity index (χ1v) is 4.75. The second-order valence-electron chi connectivity index (χ2n) is 3.52. The number of likely N-dealkylation sites (N-methyl/N-ethyl adjacent to an activating group) is 1. The fourth-order valence-corrected chi connectivity index (χ4v) is 1.69. The van der Waals surface area contributed by atoms with Gasteiger partial charge in [0, 0.05) is 25.8 Å². The maximum Gasteiger partial charge on any atom is 0.274 e. The van der Waals surface area contributed by atoms with E-state index in [-0.39, 0.29) is 5.91 Å². The second kappa shape index (κ2) is 3.79. The van der Waals surface area contributed by atoms with Gasteiger partial charge in [-0.3, -0.25) is 4.79 Å². The van der Waals surface area contributed by atoms with Crippen molar-refractivity contribution in [1.29, 1.82) is 0 Å². The molecule has 76 valence electrons. The van der Waals surface area contributed by atoms with Crippen LogP contribution in [0.1, 0.15) is 16.9 Å². The van der Waals surface area contributed by atoms with Crippen molar-refractivity contribution in [3.05, 3.63) is 18.2 Å². The highest BCUT2D eigenvalue weighted by atomic mass is 16.2. The molecule has 0 saturated carbocycles. The predicted molar refractivity (Wildman–Crippen MR) is 52.0 cm³/mol. The molecule has 0 spiro atoms. The van der Waals surface area contributed by atoms with Gasteiger partial charge >= 0.3 is 0 Å². The minimum absolute atomic E-state index is 0.0139. The van der Waals surface area contributed by atoms with Crippen LogP contribution in [0.15, 0.2) is 12.5 Å². The van der Waals surface area contributed by atoms with Crippen LogP contribution in [0.25, 0.3) is 0 Å². The average Bonchev–Trinajstić information content (AvgIpc) is 2.87. The van der Waals surface area contributed by atoms with Gasteiger partial charge in [0.25, 0.3) is 5.91 Å². The van der Waals surface area contributed by atoms with Crippen LogP contribution in [0.4, 0.5) is 0 Å². The Balaban J connectivity index is 2.04. The lowest BCUT2D eigenvalue weighted by molar-refractivity contribution is 0.0738. The quantitative estimate of drug-likeness (QED) is 0.688. The van der Waals surface area contributed by atoms with Crippen molar-refractivity contribution in [2.24, 2.45) is 0 Å². The van der Waals surface area contributed by atoms with Crippen molar-refractivity contribution in [3.63, 3.8) is 0 Å². The number of imidazole rings is 1. The number of aromatic nitrogens is 2. The van der Waals surface area contributed by atoms with Crippen LogP contribution in [0.5, 0.6) is 0 Å². The first kappa shape index (κ1) is 9.21. The van der Waals surface area contributed by atoms with E-state index in [1.807, 2.05) is 7.05 Å². The molecule has 0 radical (unpaired) electrons. The zero-order valence-corrected chi connectivity index (χ0v) is 8.16. The number of aromatic amines is 1. The number of rotatable bonds is 2. The highest BCUT2D eigenvalue weighted by Gasteiger charge is 2.24. The molecule has 2 rings (SSSR count). The Labute approximate surface area is 82.5 Å². The maximum absolute atomic E-state index is 11.8. The molecule has 1 aliphatic rings. The zero-order chi connectivity index (χ0) is 9.97. The summed E-state index contributed by atoms with van der Waals surface area (Å²) in [6, 6.07) is 0.305. The van der Waals surface area contributed by atoms with Gasteiger partial charge in [-0.05, 0) is 13.0 Å². The Bertz CT molecular complexity index is 303. The number of amides is 1. The van der Waals surface area contributed by atoms with E-state index in [0.717, 1.165) is 19.5 Å². The normalized spacial score (nSPS) is 21.1. The largest absolute Gasteiger partial charge is 0.350 e. The third-order valence-electron chi connectivity index (χ3n) is 2.62. The summed E-state index contributed by atoms with van der Waals surface area (Å²) < 4.78 is 0. The lowest BCUT2D eigenvalue weighted by atomic mass is 10.2. The molecule has 1 saturated heterocycles. The fraction of sp³-hybridized carbons (Fsp3) is 0.556. The third kappa shape index (κ3) is 1.63. The Morgan fingerprint density at radius 3 is 3.14 bits per heavy atom. The van der Waals surface area contributed by atoms with E-state index in [1.165, 1.54) is 6.33 Å². The molecule has 5 heteroatoms. The van der Waals surface area contributed by atoms with Gasteiger partial charge in [0.1, 0.15) is 5.69 Å². The van der Waals surface area contributed by atoms with Crippen molar-refractivity contribution < 1.29 is 4.79 Å². The van der Waals surface area contributed by atoms with Gasteiger partial charge in [0.05, 0.1) is 6.33 Å². The minimum Gasteiger partial charge on any atom is -0.350 e. The summed E-state index contributed by atoms with van der Waals surface area (Å²) in [4.78, 5) is 20.3. The summed E-state index contributed by atoms with van der Waals surface area (Å²) in [6.45, 7) is 1.87. The van der Waals surface area contributed by atoms with Gasteiger partial charge in [-0.25, -0.2) is 4.98 Å². The van der Waals surface area contributed by atoms with Crippen molar-refractivity contribution >= 4 is 5.91 Å². The van der Waals surface area contributed by atoms with Crippen LogP contribution in [0.2, 0.25) is 0 Å². The van der Waals surface area contributed by atoms with Crippen LogP contribution in [-0.4, -0.2) is 47.0 Å². The van der Waals surface area contributed by atoms with Crippen molar-refractivity contribution in [3.8, 4) is 0 Å². The number of hydrogen-bond donors (Lipinski definition) is 2. The first-order chi connectivity index (χ1) is 6.79. The van der Waals surface area contributed by atoms with Crippen LogP contribution in [0, 0.1) is 0 Å². The molecule has 1 aromatic heterocycles. The zero-order valence-electron chi connectivity index (χ0n) is 8.16. The minimum atomic E-state index is -0.0139. The molecule has 0 aliphatic carbocycles. The van der Waals surface area contributed by atoms with Crippen LogP contribution in [0.3, 0.4) is 0 Å². The van der Waals surface area contributed by atoms with Gasteiger partial charge in [-0.1, -0.05) is 0 Å². The Morgan fingerprint density at radius 1 is 1.71 bits per heavy atom. The Morgan fingerprint density at radius 2 is 2.57 bits per heavy atom. The summed E-state index contributed by atoms with van der Waals surface area (Å²) in [5.74, 6) is -0.0139. The molecule has 1 fully saturated rings. The monoisotopic (exact) mass is 194 g/mol. The van der Waals surface area contributed by atoms with Gasteiger partial charge in [-0.15, -0.1) is 0 Å². The molecule has 14 heavy (non-hydrogen) atoms. The summed E-state index contributed by atoms with van der Waals surface area (Å²) in [5.41, 5.74) is 0.486. The molecule has 0 unspecified atom stereocenters. The first-order valence-electron chi connectivity index (χ1n) is 4.75. The lowest BCUT2D eigenvalue weighted by Crippen LogP contribution is -2.38. The van der Waals surface area contributed by atoms with E-state index in [0.29, 0.717) is 11.7 Å². The second-order valence-corrected chi connectivity index (χ2v) is 3.52. The average molecular weight is 194 g/mol. The number of carbonyl (C=O) groups is 1. The molecule has 2 N–H and O–H groups in total. The Kier molecular flexibility index (Phi) is 2.49. The van der Waals surface area contributed by atoms with Crippen LogP contribution >= 0.6 is 0 Å². The van der Waals surface area contributed by atoms with E-state index in [2.05, 4.69) is 15.3 Å². The molecule has 5 nitrogen and oxygen atoms in total. The molecule has 1 amide bonds. The van der Waals surface area contributed by atoms with E-state index in [1.54, 1.807) is 11.1 Å². The van der Waals surface area contributed by atoms with Crippen LogP contribution < -0.4 is 5.32 Å². The van der Waals surface area contributed by atoms with Gasteiger partial charge in [0.2, 0.25) is 0 Å². The number of hydrogen-bond acceptors (Lipinski definition) is 3. The molecule has 0 bridgehead atoms. The highest BCUT2D eigenvalue weighted by Crippen LogP contribution is 2.09. The van der Waals surface area contributed by atoms with Crippen molar-refractivity contribution in [2.75, 3.05) is 20.1 Å². The molecule has 0 aromatic carbocycles. The van der Waals surface area contributed by atoms with Gasteiger partial charge < -0.3 is 15.2 Å². The summed E-state index contributed by atoms with van der Waals surface area (Å²) in [7, 11) is 1.83. The van der Waals surface area contributed by atoms with Crippen LogP contribution in [-0.2, 0) is 0 Å². The van der Waals surface area contributed by atoms with Crippen molar-refractivity contribution in [1.82, 2.24) is 20.2 Å². The number of carbonyl (C=O) groups excluding carboxylic acids is 1. The summed E-state index contributed by atoms with van der Waals surface area (Å²) in [6.07, 6.45) is 4.17. The number of nitrogens with one attached hydrogen (secondary N) is 2.